The molecular formula is C45H60Cl2Zr-2. The number of hydrogen-bond acceptors (Lipinski definition) is 0. The molecule has 6 rings (SSSR count). The Balaban J connectivity index is 0.000000293. The Bertz CT molecular complexity index is 1490. The van der Waals surface area contributed by atoms with Crippen LogP contribution in [-0.4, -0.2) is 3.21 Å². The minimum absolute atomic E-state index is 0. The van der Waals surface area contributed by atoms with E-state index in [-0.39, 0.29) is 35.6 Å². The van der Waals surface area contributed by atoms with Crippen LogP contribution in [0, 0.1) is 23.5 Å². The van der Waals surface area contributed by atoms with E-state index >= 15 is 0 Å². The fourth-order valence-corrected chi connectivity index (χ4v) is 8.26. The number of hydrogen-bond donors (Lipinski definition) is 0. The van der Waals surface area contributed by atoms with E-state index in [1.807, 2.05) is 0 Å². The van der Waals surface area contributed by atoms with Crippen LogP contribution in [0.2, 0.25) is 0 Å². The van der Waals surface area contributed by atoms with Crippen molar-refractivity contribution in [3.05, 3.63) is 93.6 Å². The number of rotatable bonds is 7. The average Bonchev–Trinajstić information content (AvgIpc) is 3.72. The first-order valence-corrected chi connectivity index (χ1v) is 19.3. The van der Waals surface area contributed by atoms with Gasteiger partial charge >= 0.3 is 79.8 Å². The van der Waals surface area contributed by atoms with Crippen LogP contribution in [0.3, 0.4) is 0 Å². The van der Waals surface area contributed by atoms with Gasteiger partial charge in [-0.25, -0.2) is 11.6 Å². The molecule has 0 radical (unpaired) electrons. The summed E-state index contributed by atoms with van der Waals surface area (Å²) in [6.45, 7) is 27.1. The summed E-state index contributed by atoms with van der Waals surface area (Å²) in [4.78, 5) is 0. The number of benzene rings is 2. The van der Waals surface area contributed by atoms with E-state index in [0.717, 1.165) is 6.42 Å². The Morgan fingerprint density at radius 3 is 1.83 bits per heavy atom. The molecule has 1 atom stereocenters. The summed E-state index contributed by atoms with van der Waals surface area (Å²) < 4.78 is 1.79. The smallest absolute Gasteiger partial charge is 1.00 e. The normalized spacial score (nSPS) is 18.3. The zero-order valence-corrected chi connectivity index (χ0v) is 36.0. The summed E-state index contributed by atoms with van der Waals surface area (Å²) in [5.74, 6) is 0.573. The minimum Gasteiger partial charge on any atom is -1.00 e. The maximum absolute atomic E-state index is 3.65. The number of allylic oxidation sites excluding steroid dienone is 8. The van der Waals surface area contributed by atoms with Crippen molar-refractivity contribution in [2.24, 2.45) is 11.3 Å². The van der Waals surface area contributed by atoms with Crippen LogP contribution in [0.15, 0.2) is 48.1 Å². The van der Waals surface area contributed by atoms with Gasteiger partial charge in [0, 0.05) is 5.41 Å². The predicted octanol–water partition coefficient (Wildman–Crippen LogP) is 6.90. The fourth-order valence-electron chi connectivity index (χ4n) is 7.39. The van der Waals surface area contributed by atoms with Crippen molar-refractivity contribution in [2.75, 3.05) is 0 Å². The number of fused-ring (bicyclic) bond motifs is 5. The van der Waals surface area contributed by atoms with Gasteiger partial charge in [0.25, 0.3) is 0 Å². The Hall–Kier alpha value is -1.27. The van der Waals surface area contributed by atoms with Gasteiger partial charge in [-0.15, -0.1) is 11.6 Å². The second kappa shape index (κ2) is 17.3. The van der Waals surface area contributed by atoms with Gasteiger partial charge in [0.05, 0.1) is 0 Å². The maximum Gasteiger partial charge on any atom is -1.00 e. The van der Waals surface area contributed by atoms with Crippen molar-refractivity contribution < 1.29 is 49.0 Å². The molecule has 4 aliphatic carbocycles. The first kappa shape index (κ1) is 42.9. The summed E-state index contributed by atoms with van der Waals surface area (Å²) in [5.41, 5.74) is 16.3. The average molecular weight is 763 g/mol. The van der Waals surface area contributed by atoms with E-state index in [2.05, 4.69) is 138 Å². The fraction of sp³-hybridized carbons (Fsp3) is 0.533. The molecule has 2 aromatic rings. The Kier molecular flexibility index (Phi) is 15.5. The van der Waals surface area contributed by atoms with Gasteiger partial charge in [-0.3, -0.25) is 12.2 Å². The van der Waals surface area contributed by atoms with Crippen molar-refractivity contribution in [3.63, 3.8) is 0 Å². The Labute approximate surface area is 322 Å². The quantitative estimate of drug-likeness (QED) is 0.230. The van der Waals surface area contributed by atoms with Crippen molar-refractivity contribution in [2.45, 2.75) is 145 Å². The van der Waals surface area contributed by atoms with Gasteiger partial charge in [-0.05, 0) is 58.4 Å². The van der Waals surface area contributed by atoms with Crippen LogP contribution in [0.25, 0.3) is 22.3 Å². The van der Waals surface area contributed by atoms with E-state index in [1.54, 1.807) is 27.4 Å². The van der Waals surface area contributed by atoms with Gasteiger partial charge < -0.3 is 24.8 Å². The van der Waals surface area contributed by atoms with Crippen LogP contribution in [0.5, 0.6) is 0 Å². The molecule has 0 nitrogen and oxygen atoms in total. The van der Waals surface area contributed by atoms with E-state index in [1.165, 1.54) is 106 Å². The third-order valence-electron chi connectivity index (χ3n) is 10.2. The molecule has 0 N–H and O–H groups in total. The molecule has 4 aliphatic rings. The zero-order chi connectivity index (χ0) is 34.0. The molecule has 0 fully saturated rings. The standard InChI is InChI=1S/C25H25.C11H17.C9H18.2ClH.Zr/c1-14-12-24(3,4)22-8-16-7-17-9-23-19(15(2)13-25(23,5)6)11-21(17)20(16)10-18(14)22;1-5-9-6-7-10(8-9)11(2,3)4;1-3-5-7-9-8-6-4-2;;;/h8-12H,7H2,1-6H3;7-9H,5H2,1-4H3;3-8H2,1-2H3;2*1H;/q2*-1;;;;+2/p-2. The minimum atomic E-state index is 0. The molecule has 0 saturated heterocycles. The van der Waals surface area contributed by atoms with Crippen molar-refractivity contribution in [1.82, 2.24) is 0 Å². The molecule has 1 unspecified atom stereocenters. The maximum atomic E-state index is 3.65. The predicted molar refractivity (Wildman–Crippen MR) is 200 cm³/mol. The second-order valence-electron chi connectivity index (χ2n) is 16.2. The molecular weight excluding hydrogens is 703 g/mol. The van der Waals surface area contributed by atoms with Crippen LogP contribution >= 0.6 is 0 Å². The SMILES string of the molecule is CC1=[C-]C(C)(C)c2cc3c(cc21)-c1cc2c(cc1C3)C(C)(C)C=C2C.CCC1[C-]=CC(C(C)(C)C)=C1.CCCC[C](=[Zr+2])CCCC.[Cl-].[Cl-]. The van der Waals surface area contributed by atoms with E-state index in [4.69, 9.17) is 0 Å². The number of unbranched alkanes of at least 4 members (excludes halogenated alkanes) is 2. The first-order valence-electron chi connectivity index (χ1n) is 18.1. The van der Waals surface area contributed by atoms with Crippen LogP contribution < -0.4 is 24.8 Å². The van der Waals surface area contributed by atoms with E-state index < -0.39 is 0 Å². The van der Waals surface area contributed by atoms with E-state index in [9.17, 15) is 0 Å². The molecule has 3 heteroatoms. The molecule has 0 amide bonds. The molecule has 0 aromatic heterocycles. The third-order valence-corrected chi connectivity index (χ3v) is 11.5. The summed E-state index contributed by atoms with van der Waals surface area (Å²) in [5, 5.41) is 0. The van der Waals surface area contributed by atoms with Gasteiger partial charge in [0.2, 0.25) is 0 Å². The second-order valence-corrected chi connectivity index (χ2v) is 18.0. The van der Waals surface area contributed by atoms with Crippen LogP contribution in [0.1, 0.15) is 161 Å². The molecule has 0 spiro atoms. The van der Waals surface area contributed by atoms with Crippen molar-refractivity contribution in [3.8, 4) is 11.1 Å². The molecule has 2 aromatic carbocycles. The topological polar surface area (TPSA) is 0 Å². The monoisotopic (exact) mass is 760 g/mol. The summed E-state index contributed by atoms with van der Waals surface area (Å²) in [6.07, 6.45) is 24.4. The van der Waals surface area contributed by atoms with Gasteiger partial charge in [0.15, 0.2) is 0 Å². The van der Waals surface area contributed by atoms with Crippen molar-refractivity contribution >= 4 is 14.4 Å². The molecule has 260 valence electrons. The van der Waals surface area contributed by atoms with Gasteiger partial charge in [-0.1, -0.05) is 104 Å². The molecule has 48 heavy (non-hydrogen) atoms. The summed E-state index contributed by atoms with van der Waals surface area (Å²) in [7, 11) is 0. The summed E-state index contributed by atoms with van der Waals surface area (Å²) >= 11 is 1.67. The van der Waals surface area contributed by atoms with Crippen molar-refractivity contribution in [1.29, 1.82) is 0 Å². The van der Waals surface area contributed by atoms with Gasteiger partial charge in [0.1, 0.15) is 0 Å². The Morgan fingerprint density at radius 2 is 1.35 bits per heavy atom. The van der Waals surface area contributed by atoms with Crippen LogP contribution in [0.4, 0.5) is 0 Å². The van der Waals surface area contributed by atoms with E-state index in [0.29, 0.717) is 11.3 Å². The third kappa shape index (κ3) is 9.74. The molecule has 0 aliphatic heterocycles. The van der Waals surface area contributed by atoms with Gasteiger partial charge in [-0.2, -0.15) is 17.2 Å². The summed E-state index contributed by atoms with van der Waals surface area (Å²) in [6, 6.07) is 9.81. The number of halogens is 2. The molecule has 0 bridgehead atoms. The largest absolute Gasteiger partial charge is 1.00 e. The molecule has 0 saturated carbocycles. The first-order chi connectivity index (χ1) is 21.5. The van der Waals surface area contributed by atoms with Crippen LogP contribution in [-0.2, 0) is 41.5 Å². The Morgan fingerprint density at radius 1 is 0.812 bits per heavy atom. The zero-order valence-electron chi connectivity index (χ0n) is 32.0. The molecule has 0 heterocycles.